The molecule has 0 radical (unpaired) electrons. The van der Waals surface area contributed by atoms with Crippen LogP contribution in [0.15, 0.2) is 35.3 Å². The van der Waals surface area contributed by atoms with Crippen LogP contribution >= 0.6 is 0 Å². The lowest BCUT2D eigenvalue weighted by Gasteiger charge is -2.30. The standard InChI is InChI=1S/C27H33F3N4O2/c1-15(18-4-3-5-19(25(18)28)26(29)30)31-27(36)21-14-34(23-12-20(23)16-6-7-16)24(35)13-22(21)32-17-8-10-33(2)11-9-17/h3-5,13-17,20,23,26,32H,6-12H2,1-2H3,(H,31,36)/t15?,20-,23+/m1/s1. The van der Waals surface area contributed by atoms with Gasteiger partial charge in [-0.15, -0.1) is 0 Å². The second kappa shape index (κ2) is 9.92. The van der Waals surface area contributed by atoms with Gasteiger partial charge in [0.25, 0.3) is 17.9 Å². The smallest absolute Gasteiger partial charge is 0.266 e. The SMILES string of the molecule is CC(NC(=O)c1cn([C@H]2C[C@@H]2C2CC2)c(=O)cc1NC1CCN(C)CC1)c1cccc(C(F)F)c1F. The Labute approximate surface area is 208 Å². The Hall–Kier alpha value is -2.81. The van der Waals surface area contributed by atoms with E-state index in [-0.39, 0.29) is 23.2 Å². The first kappa shape index (κ1) is 24.9. The largest absolute Gasteiger partial charge is 0.381 e. The summed E-state index contributed by atoms with van der Waals surface area (Å²) in [6, 6.07) is 4.69. The van der Waals surface area contributed by atoms with Gasteiger partial charge < -0.3 is 20.1 Å². The number of carbonyl (C=O) groups excluding carboxylic acids is 1. The number of halogens is 3. The number of nitrogens with zero attached hydrogens (tertiary/aromatic N) is 2. The van der Waals surface area contributed by atoms with Crippen molar-refractivity contribution in [2.45, 2.75) is 63.6 Å². The quantitative estimate of drug-likeness (QED) is 0.539. The minimum atomic E-state index is -2.94. The van der Waals surface area contributed by atoms with Crippen molar-refractivity contribution >= 4 is 11.6 Å². The maximum absolute atomic E-state index is 14.7. The molecular weight excluding hydrogens is 469 g/mol. The Morgan fingerprint density at radius 2 is 1.81 bits per heavy atom. The topological polar surface area (TPSA) is 66.4 Å². The van der Waals surface area contributed by atoms with E-state index < -0.39 is 29.8 Å². The number of carbonyl (C=O) groups is 1. The molecule has 1 saturated heterocycles. The average Bonchev–Trinajstić information content (AvgIpc) is 3.74. The van der Waals surface area contributed by atoms with E-state index >= 15 is 0 Å². The van der Waals surface area contributed by atoms with Gasteiger partial charge in [-0.1, -0.05) is 18.2 Å². The summed E-state index contributed by atoms with van der Waals surface area (Å²) in [5.41, 5.74) is -0.0612. The van der Waals surface area contributed by atoms with E-state index in [0.717, 1.165) is 38.4 Å². The van der Waals surface area contributed by atoms with Gasteiger partial charge in [0.2, 0.25) is 0 Å². The van der Waals surface area contributed by atoms with Gasteiger partial charge in [-0.2, -0.15) is 0 Å². The number of nitrogens with one attached hydrogen (secondary N) is 2. The van der Waals surface area contributed by atoms with Crippen molar-refractivity contribution in [1.29, 1.82) is 0 Å². The number of pyridine rings is 1. The number of amides is 1. The molecule has 2 saturated carbocycles. The number of likely N-dealkylation sites (tertiary alicyclic amines) is 1. The minimum Gasteiger partial charge on any atom is -0.381 e. The van der Waals surface area contributed by atoms with E-state index in [1.54, 1.807) is 17.7 Å². The molecule has 194 valence electrons. The van der Waals surface area contributed by atoms with Gasteiger partial charge in [0.05, 0.1) is 22.9 Å². The first-order valence-corrected chi connectivity index (χ1v) is 12.8. The van der Waals surface area contributed by atoms with Gasteiger partial charge in [0.15, 0.2) is 0 Å². The predicted molar refractivity (Wildman–Crippen MR) is 132 cm³/mol. The highest BCUT2D eigenvalue weighted by atomic mass is 19.3. The van der Waals surface area contributed by atoms with Gasteiger partial charge in [-0.25, -0.2) is 13.2 Å². The summed E-state index contributed by atoms with van der Waals surface area (Å²) in [5.74, 6) is -0.338. The van der Waals surface area contributed by atoms with Crippen LogP contribution in [-0.2, 0) is 0 Å². The summed E-state index contributed by atoms with van der Waals surface area (Å²) >= 11 is 0. The van der Waals surface area contributed by atoms with E-state index in [1.165, 1.54) is 31.0 Å². The van der Waals surface area contributed by atoms with Crippen LogP contribution in [-0.4, -0.2) is 41.6 Å². The van der Waals surface area contributed by atoms with Gasteiger partial charge in [-0.3, -0.25) is 9.59 Å². The zero-order chi connectivity index (χ0) is 25.6. The predicted octanol–water partition coefficient (Wildman–Crippen LogP) is 4.89. The van der Waals surface area contributed by atoms with E-state index in [4.69, 9.17) is 0 Å². The number of aromatic nitrogens is 1. The molecule has 3 atom stereocenters. The molecule has 2 aliphatic carbocycles. The van der Waals surface area contributed by atoms with Gasteiger partial charge >= 0.3 is 0 Å². The molecular formula is C27H33F3N4O2. The van der Waals surface area contributed by atoms with Gasteiger partial charge in [-0.05, 0) is 71.0 Å². The van der Waals surface area contributed by atoms with E-state index in [0.29, 0.717) is 23.1 Å². The van der Waals surface area contributed by atoms with Gasteiger partial charge in [0, 0.05) is 29.9 Å². The van der Waals surface area contributed by atoms with E-state index in [9.17, 15) is 22.8 Å². The van der Waals surface area contributed by atoms with Crippen molar-refractivity contribution in [2.75, 3.05) is 25.5 Å². The first-order chi connectivity index (χ1) is 17.2. The van der Waals surface area contributed by atoms with Crippen LogP contribution in [0.2, 0.25) is 0 Å². The van der Waals surface area contributed by atoms with Crippen molar-refractivity contribution < 1.29 is 18.0 Å². The maximum Gasteiger partial charge on any atom is 0.266 e. The fourth-order valence-electron chi connectivity index (χ4n) is 5.46. The third-order valence-corrected chi connectivity index (χ3v) is 7.90. The maximum atomic E-state index is 14.7. The molecule has 2 heterocycles. The molecule has 0 spiro atoms. The molecule has 2 N–H and O–H groups in total. The van der Waals surface area contributed by atoms with Crippen molar-refractivity contribution in [1.82, 2.24) is 14.8 Å². The van der Waals surface area contributed by atoms with Crippen molar-refractivity contribution in [3.63, 3.8) is 0 Å². The van der Waals surface area contributed by atoms with Gasteiger partial charge in [0.1, 0.15) is 5.82 Å². The molecule has 1 aliphatic heterocycles. The Morgan fingerprint density at radius 1 is 1.11 bits per heavy atom. The number of hydrogen-bond acceptors (Lipinski definition) is 4. The lowest BCUT2D eigenvalue weighted by Crippen LogP contribution is -2.38. The van der Waals surface area contributed by atoms with Crippen LogP contribution in [0.1, 0.15) is 79.0 Å². The Bertz CT molecular complexity index is 1190. The molecule has 2 aromatic rings. The lowest BCUT2D eigenvalue weighted by atomic mass is 10.0. The monoisotopic (exact) mass is 502 g/mol. The minimum absolute atomic E-state index is 0.00436. The van der Waals surface area contributed by atoms with Crippen LogP contribution in [0.4, 0.5) is 18.9 Å². The molecule has 1 aromatic carbocycles. The number of hydrogen-bond donors (Lipinski definition) is 2. The van der Waals surface area contributed by atoms with Crippen LogP contribution in [0.5, 0.6) is 0 Å². The third-order valence-electron chi connectivity index (χ3n) is 7.90. The number of anilines is 1. The number of alkyl halides is 2. The molecule has 1 aromatic heterocycles. The third kappa shape index (κ3) is 5.16. The average molecular weight is 503 g/mol. The second-order valence-corrected chi connectivity index (χ2v) is 10.6. The van der Waals surface area contributed by atoms with Crippen LogP contribution in [0, 0.1) is 17.7 Å². The highest BCUT2D eigenvalue weighted by Crippen LogP contribution is 2.56. The van der Waals surface area contributed by atoms with Crippen molar-refractivity contribution in [3.05, 3.63) is 63.3 Å². The molecule has 36 heavy (non-hydrogen) atoms. The van der Waals surface area contributed by atoms with Crippen LogP contribution < -0.4 is 16.2 Å². The molecule has 1 unspecified atom stereocenters. The second-order valence-electron chi connectivity index (χ2n) is 10.6. The lowest BCUT2D eigenvalue weighted by molar-refractivity contribution is 0.0939. The summed E-state index contributed by atoms with van der Waals surface area (Å²) in [7, 11) is 2.06. The number of rotatable bonds is 8. The molecule has 6 nitrogen and oxygen atoms in total. The Morgan fingerprint density at radius 3 is 2.47 bits per heavy atom. The zero-order valence-corrected chi connectivity index (χ0v) is 20.6. The van der Waals surface area contributed by atoms with E-state index in [1.807, 2.05) is 0 Å². The van der Waals surface area contributed by atoms with Crippen LogP contribution in [0.3, 0.4) is 0 Å². The van der Waals surface area contributed by atoms with Crippen LogP contribution in [0.25, 0.3) is 0 Å². The molecule has 1 amide bonds. The Balaban J connectivity index is 1.41. The molecule has 0 bridgehead atoms. The normalized spacial score (nSPS) is 23.5. The highest BCUT2D eigenvalue weighted by Gasteiger charge is 2.49. The summed E-state index contributed by atoms with van der Waals surface area (Å²) in [6.45, 7) is 3.39. The highest BCUT2D eigenvalue weighted by molar-refractivity contribution is 5.99. The summed E-state index contributed by atoms with van der Waals surface area (Å²) in [6.07, 6.45) is 3.78. The molecule has 3 aliphatic rings. The number of benzene rings is 1. The summed E-state index contributed by atoms with van der Waals surface area (Å²) in [4.78, 5) is 28.7. The zero-order valence-electron chi connectivity index (χ0n) is 20.6. The summed E-state index contributed by atoms with van der Waals surface area (Å²) in [5, 5.41) is 6.17. The Kier molecular flexibility index (Phi) is 6.85. The summed E-state index contributed by atoms with van der Waals surface area (Å²) < 4.78 is 42.7. The first-order valence-electron chi connectivity index (χ1n) is 12.8. The van der Waals surface area contributed by atoms with E-state index in [2.05, 4.69) is 22.6 Å². The molecule has 5 rings (SSSR count). The number of piperidine rings is 1. The van der Waals surface area contributed by atoms with Crippen molar-refractivity contribution in [3.8, 4) is 0 Å². The molecule has 9 heteroatoms. The van der Waals surface area contributed by atoms with Crippen molar-refractivity contribution in [2.24, 2.45) is 11.8 Å². The fourth-order valence-corrected chi connectivity index (χ4v) is 5.46. The fraction of sp³-hybridized carbons (Fsp3) is 0.556. The molecule has 3 fully saturated rings.